The largest absolute Gasteiger partial charge is 0.479 e. The maximum Gasteiger partial charge on any atom is 0.407 e. The van der Waals surface area contributed by atoms with Crippen molar-refractivity contribution < 1.29 is 29.0 Å². The second-order valence-electron chi connectivity index (χ2n) is 11.0. The van der Waals surface area contributed by atoms with Crippen molar-refractivity contribution in [1.82, 2.24) is 15.5 Å². The van der Waals surface area contributed by atoms with E-state index in [2.05, 4.69) is 34.9 Å². The van der Waals surface area contributed by atoms with E-state index < -0.39 is 35.7 Å². The summed E-state index contributed by atoms with van der Waals surface area (Å²) in [6, 6.07) is 25.4. The first-order valence-electron chi connectivity index (χ1n) is 14.0. The van der Waals surface area contributed by atoms with Crippen molar-refractivity contribution in [3.8, 4) is 11.1 Å². The third kappa shape index (κ3) is 5.42. The van der Waals surface area contributed by atoms with Gasteiger partial charge in [0.2, 0.25) is 0 Å². The molecule has 41 heavy (non-hydrogen) atoms. The zero-order chi connectivity index (χ0) is 28.4. The lowest BCUT2D eigenvalue weighted by Crippen LogP contribution is -2.60. The summed E-state index contributed by atoms with van der Waals surface area (Å²) >= 11 is 0. The predicted molar refractivity (Wildman–Crippen MR) is 151 cm³/mol. The molecule has 9 nitrogen and oxygen atoms in total. The highest BCUT2D eigenvalue weighted by molar-refractivity contribution is 5.90. The summed E-state index contributed by atoms with van der Waals surface area (Å²) < 4.78 is 11.3. The molecule has 2 saturated heterocycles. The fourth-order valence-electron chi connectivity index (χ4n) is 6.29. The number of amides is 2. The van der Waals surface area contributed by atoms with Crippen molar-refractivity contribution in [2.75, 3.05) is 26.3 Å². The zero-order valence-corrected chi connectivity index (χ0v) is 22.6. The number of likely N-dealkylation sites (tertiary alicyclic amines) is 1. The number of carbonyl (C=O) groups is 3. The van der Waals surface area contributed by atoms with Crippen LogP contribution in [0.2, 0.25) is 0 Å². The van der Waals surface area contributed by atoms with Gasteiger partial charge < -0.3 is 25.2 Å². The SMILES string of the molecule is O=C(N[C@H]1CCO[C@H]1C(=O)NC1(C(=O)O)CCN(Cc2ccccc2)C1)OCC1c2ccccc2-c2ccccc21. The fourth-order valence-corrected chi connectivity index (χ4v) is 6.29. The molecule has 0 saturated carbocycles. The maximum atomic E-state index is 13.3. The van der Waals surface area contributed by atoms with Crippen molar-refractivity contribution in [3.05, 3.63) is 95.6 Å². The van der Waals surface area contributed by atoms with Crippen LogP contribution in [-0.2, 0) is 25.6 Å². The number of hydrogen-bond acceptors (Lipinski definition) is 6. The van der Waals surface area contributed by atoms with E-state index in [0.717, 1.165) is 27.8 Å². The van der Waals surface area contributed by atoms with Crippen LogP contribution in [0, 0.1) is 0 Å². The second-order valence-corrected chi connectivity index (χ2v) is 11.0. The average Bonchev–Trinajstić information content (AvgIpc) is 3.69. The number of benzene rings is 3. The normalized spacial score (nSPS) is 23.5. The molecule has 2 heterocycles. The first kappa shape index (κ1) is 27.0. The van der Waals surface area contributed by atoms with E-state index in [1.807, 2.05) is 59.5 Å². The van der Waals surface area contributed by atoms with Gasteiger partial charge in [-0.3, -0.25) is 9.69 Å². The van der Waals surface area contributed by atoms with Crippen molar-refractivity contribution in [3.63, 3.8) is 0 Å². The Morgan fingerprint density at radius 1 is 0.951 bits per heavy atom. The molecule has 3 aromatic carbocycles. The Hall–Kier alpha value is -4.21. The molecule has 0 bridgehead atoms. The van der Waals surface area contributed by atoms with Gasteiger partial charge in [0.05, 0.1) is 6.04 Å². The van der Waals surface area contributed by atoms with Crippen LogP contribution >= 0.6 is 0 Å². The van der Waals surface area contributed by atoms with E-state index in [1.165, 1.54) is 0 Å². The van der Waals surface area contributed by atoms with E-state index in [1.54, 1.807) is 0 Å². The maximum absolute atomic E-state index is 13.3. The van der Waals surface area contributed by atoms with Gasteiger partial charge in [-0.25, -0.2) is 9.59 Å². The molecule has 0 aromatic heterocycles. The summed E-state index contributed by atoms with van der Waals surface area (Å²) in [4.78, 5) is 40.5. The van der Waals surface area contributed by atoms with Gasteiger partial charge in [0.1, 0.15) is 6.61 Å². The Labute approximate surface area is 238 Å². The van der Waals surface area contributed by atoms with Gasteiger partial charge in [0.25, 0.3) is 5.91 Å². The number of carboxylic acid groups (broad SMARTS) is 1. The zero-order valence-electron chi connectivity index (χ0n) is 22.6. The molecule has 0 spiro atoms. The number of hydrogen-bond donors (Lipinski definition) is 3. The molecule has 2 fully saturated rings. The van der Waals surface area contributed by atoms with Gasteiger partial charge in [-0.1, -0.05) is 78.9 Å². The molecule has 3 atom stereocenters. The summed E-state index contributed by atoms with van der Waals surface area (Å²) in [7, 11) is 0. The summed E-state index contributed by atoms with van der Waals surface area (Å²) in [5.74, 6) is -1.71. The van der Waals surface area contributed by atoms with Gasteiger partial charge in [-0.2, -0.15) is 0 Å². The number of aliphatic carboxylic acids is 1. The number of alkyl carbamates (subject to hydrolysis) is 1. The molecular formula is C32H33N3O6. The van der Waals surface area contributed by atoms with E-state index in [-0.39, 0.29) is 32.1 Å². The molecule has 1 unspecified atom stereocenters. The monoisotopic (exact) mass is 555 g/mol. The van der Waals surface area contributed by atoms with Crippen LogP contribution in [0.15, 0.2) is 78.9 Å². The average molecular weight is 556 g/mol. The van der Waals surface area contributed by atoms with Gasteiger partial charge in [-0.15, -0.1) is 0 Å². The number of nitrogens with one attached hydrogen (secondary N) is 2. The third-order valence-electron chi connectivity index (χ3n) is 8.37. The smallest absolute Gasteiger partial charge is 0.407 e. The van der Waals surface area contributed by atoms with E-state index in [4.69, 9.17) is 9.47 Å². The Kier molecular flexibility index (Phi) is 7.47. The molecule has 9 heteroatoms. The first-order chi connectivity index (χ1) is 19.9. The standard InChI is InChI=1S/C32H33N3O6/c36-29(34-32(30(37)38)15-16-35(20-32)18-21-8-2-1-3-9-21)28-27(14-17-40-28)33-31(39)41-19-26-24-12-6-4-10-22(24)23-11-5-7-13-25(23)26/h1-13,26-28H,14-20H2,(H,33,39)(H,34,36)(H,37,38)/t27-,28+,32?/m0/s1. The quantitative estimate of drug-likeness (QED) is 0.389. The number of carboxylic acids is 1. The molecule has 3 aromatic rings. The van der Waals surface area contributed by atoms with Gasteiger partial charge in [-0.05, 0) is 40.7 Å². The van der Waals surface area contributed by atoms with Crippen LogP contribution in [0.5, 0.6) is 0 Å². The molecule has 3 N–H and O–H groups in total. The van der Waals surface area contributed by atoms with Crippen LogP contribution < -0.4 is 10.6 Å². The molecule has 6 rings (SSSR count). The molecule has 2 amide bonds. The number of fused-ring (bicyclic) bond motifs is 3. The van der Waals surface area contributed by atoms with Gasteiger partial charge >= 0.3 is 12.1 Å². The molecule has 2 aliphatic heterocycles. The van der Waals surface area contributed by atoms with E-state index >= 15 is 0 Å². The first-order valence-corrected chi connectivity index (χ1v) is 14.0. The second kappa shape index (κ2) is 11.3. The highest BCUT2D eigenvalue weighted by atomic mass is 16.6. The molecule has 3 aliphatic rings. The third-order valence-corrected chi connectivity index (χ3v) is 8.37. The van der Waals surface area contributed by atoms with Crippen molar-refractivity contribution in [2.24, 2.45) is 0 Å². The summed E-state index contributed by atoms with van der Waals surface area (Å²) in [6.45, 7) is 1.74. The summed E-state index contributed by atoms with van der Waals surface area (Å²) in [5.41, 5.74) is 4.15. The van der Waals surface area contributed by atoms with Gasteiger partial charge in [0.15, 0.2) is 11.6 Å². The van der Waals surface area contributed by atoms with E-state index in [0.29, 0.717) is 19.5 Å². The minimum Gasteiger partial charge on any atom is -0.479 e. The van der Waals surface area contributed by atoms with E-state index in [9.17, 15) is 19.5 Å². The lowest BCUT2D eigenvalue weighted by Gasteiger charge is -2.29. The Morgan fingerprint density at radius 3 is 2.29 bits per heavy atom. The molecule has 0 radical (unpaired) electrons. The van der Waals surface area contributed by atoms with Gasteiger partial charge in [0, 0.05) is 32.2 Å². The lowest BCUT2D eigenvalue weighted by atomic mass is 9.97. The molecular weight excluding hydrogens is 522 g/mol. The van der Waals surface area contributed by atoms with Crippen LogP contribution in [-0.4, -0.2) is 72.0 Å². The predicted octanol–water partition coefficient (Wildman–Crippen LogP) is 3.53. The minimum absolute atomic E-state index is 0.0799. The van der Waals surface area contributed by atoms with Crippen LogP contribution in [0.4, 0.5) is 4.79 Å². The Bertz CT molecular complexity index is 1400. The fraction of sp³-hybridized carbons (Fsp3) is 0.344. The van der Waals surface area contributed by atoms with Crippen LogP contribution in [0.25, 0.3) is 11.1 Å². The molecule has 1 aliphatic carbocycles. The summed E-state index contributed by atoms with van der Waals surface area (Å²) in [5, 5.41) is 15.6. The van der Waals surface area contributed by atoms with Crippen molar-refractivity contribution in [1.29, 1.82) is 0 Å². The number of rotatable bonds is 8. The minimum atomic E-state index is -1.42. The lowest BCUT2D eigenvalue weighted by molar-refractivity contribution is -0.149. The Morgan fingerprint density at radius 2 is 1.61 bits per heavy atom. The van der Waals surface area contributed by atoms with Crippen LogP contribution in [0.3, 0.4) is 0 Å². The molecule has 212 valence electrons. The highest BCUT2D eigenvalue weighted by Crippen LogP contribution is 2.44. The highest BCUT2D eigenvalue weighted by Gasteiger charge is 2.48. The van der Waals surface area contributed by atoms with Crippen molar-refractivity contribution in [2.45, 2.75) is 43.0 Å². The summed E-state index contributed by atoms with van der Waals surface area (Å²) in [6.07, 6.45) is -0.946. The topological polar surface area (TPSA) is 117 Å². The number of nitrogens with zero attached hydrogens (tertiary/aromatic N) is 1. The number of carbonyl (C=O) groups excluding carboxylic acids is 2. The Balaban J connectivity index is 1.06. The van der Waals surface area contributed by atoms with Crippen molar-refractivity contribution >= 4 is 18.0 Å². The van der Waals surface area contributed by atoms with Crippen LogP contribution in [0.1, 0.15) is 35.4 Å². The number of ether oxygens (including phenoxy) is 2.